The maximum absolute atomic E-state index is 11.2. The van der Waals surface area contributed by atoms with Gasteiger partial charge in [-0.3, -0.25) is 15.1 Å². The van der Waals surface area contributed by atoms with Gasteiger partial charge in [0, 0.05) is 17.8 Å². The third-order valence-electron chi connectivity index (χ3n) is 4.54. The summed E-state index contributed by atoms with van der Waals surface area (Å²) in [7, 11) is 3.17. The molecule has 1 aromatic heterocycles. The number of fused-ring (bicyclic) bond motifs is 1. The van der Waals surface area contributed by atoms with E-state index in [0.717, 1.165) is 5.56 Å². The minimum Gasteiger partial charge on any atom is -0.497 e. The van der Waals surface area contributed by atoms with Crippen LogP contribution in [0.1, 0.15) is 5.56 Å². The molecule has 0 amide bonds. The molecule has 3 aromatic carbocycles. The standard InChI is InChI=1S/C21H17N5O5/c1-29-14-7-10-19(30-2)13(11-14)12-22-15-5-3-4-6-16(15)23-17-8-9-18(26(27)28)21-20(17)24-31-25-21/h3-12,23H,1-2H3. The Morgan fingerprint density at radius 3 is 2.61 bits per heavy atom. The van der Waals surface area contributed by atoms with Gasteiger partial charge in [0.2, 0.25) is 5.52 Å². The number of hydrogen-bond acceptors (Lipinski definition) is 9. The van der Waals surface area contributed by atoms with Gasteiger partial charge in [-0.15, -0.1) is 0 Å². The molecule has 4 rings (SSSR count). The van der Waals surface area contributed by atoms with E-state index >= 15 is 0 Å². The Hall–Kier alpha value is -4.47. The summed E-state index contributed by atoms with van der Waals surface area (Å²) in [6, 6.07) is 15.7. The molecule has 31 heavy (non-hydrogen) atoms. The van der Waals surface area contributed by atoms with Gasteiger partial charge < -0.3 is 14.8 Å². The SMILES string of the molecule is COc1ccc(OC)c(C=Nc2ccccc2Nc2ccc([N+](=O)[O-])c3nonc23)c1. The molecular weight excluding hydrogens is 402 g/mol. The predicted octanol–water partition coefficient (Wildman–Crippen LogP) is 4.64. The molecule has 0 aliphatic carbocycles. The van der Waals surface area contributed by atoms with E-state index in [1.165, 1.54) is 6.07 Å². The summed E-state index contributed by atoms with van der Waals surface area (Å²) in [5.41, 5.74) is 2.69. The minimum absolute atomic E-state index is 0.0668. The lowest BCUT2D eigenvalue weighted by molar-refractivity contribution is -0.383. The monoisotopic (exact) mass is 419 g/mol. The quantitative estimate of drug-likeness (QED) is 0.261. The zero-order valence-corrected chi connectivity index (χ0v) is 16.6. The van der Waals surface area contributed by atoms with Crippen molar-refractivity contribution in [3.8, 4) is 11.5 Å². The van der Waals surface area contributed by atoms with Gasteiger partial charge in [-0.2, -0.15) is 0 Å². The van der Waals surface area contributed by atoms with Gasteiger partial charge in [-0.25, -0.2) is 4.63 Å². The molecule has 156 valence electrons. The molecule has 0 aliphatic heterocycles. The van der Waals surface area contributed by atoms with Crippen LogP contribution in [0.2, 0.25) is 0 Å². The van der Waals surface area contributed by atoms with Crippen molar-refractivity contribution < 1.29 is 19.0 Å². The number of rotatable bonds is 7. The van der Waals surface area contributed by atoms with Crippen molar-refractivity contribution in [3.63, 3.8) is 0 Å². The van der Waals surface area contributed by atoms with Gasteiger partial charge in [0.15, 0.2) is 5.52 Å². The predicted molar refractivity (Wildman–Crippen MR) is 115 cm³/mol. The van der Waals surface area contributed by atoms with E-state index < -0.39 is 4.92 Å². The number of aliphatic imine (C=N–C) groups is 1. The summed E-state index contributed by atoms with van der Waals surface area (Å²) >= 11 is 0. The van der Waals surface area contributed by atoms with Crippen molar-refractivity contribution in [1.29, 1.82) is 0 Å². The summed E-state index contributed by atoms with van der Waals surface area (Å²) < 4.78 is 15.4. The molecule has 1 N–H and O–H groups in total. The first-order valence-electron chi connectivity index (χ1n) is 9.12. The van der Waals surface area contributed by atoms with Gasteiger partial charge >= 0.3 is 5.69 Å². The Bertz CT molecular complexity index is 1280. The lowest BCUT2D eigenvalue weighted by atomic mass is 10.2. The van der Waals surface area contributed by atoms with Crippen LogP contribution in [0.3, 0.4) is 0 Å². The third kappa shape index (κ3) is 3.99. The summed E-state index contributed by atoms with van der Waals surface area (Å²) in [6.07, 6.45) is 1.67. The molecule has 0 saturated heterocycles. The topological polar surface area (TPSA) is 125 Å². The van der Waals surface area contributed by atoms with E-state index in [4.69, 9.17) is 14.1 Å². The molecule has 0 unspecified atom stereocenters. The lowest BCUT2D eigenvalue weighted by Crippen LogP contribution is -1.95. The number of methoxy groups -OCH3 is 2. The van der Waals surface area contributed by atoms with E-state index in [1.54, 1.807) is 38.6 Å². The maximum Gasteiger partial charge on any atom is 0.300 e. The van der Waals surface area contributed by atoms with Gasteiger partial charge in [0.05, 0.1) is 36.2 Å². The Morgan fingerprint density at radius 2 is 1.84 bits per heavy atom. The third-order valence-corrected chi connectivity index (χ3v) is 4.54. The second kappa shape index (κ2) is 8.49. The van der Waals surface area contributed by atoms with E-state index in [2.05, 4.69) is 20.6 Å². The molecule has 0 radical (unpaired) electrons. The summed E-state index contributed by atoms with van der Waals surface area (Å²) in [4.78, 5) is 15.2. The fraction of sp³-hybridized carbons (Fsp3) is 0.0952. The highest BCUT2D eigenvalue weighted by Gasteiger charge is 2.20. The zero-order chi connectivity index (χ0) is 21.8. The van der Waals surface area contributed by atoms with Crippen LogP contribution in [0.5, 0.6) is 11.5 Å². The number of anilines is 2. The van der Waals surface area contributed by atoms with Crippen LogP contribution in [0, 0.1) is 10.1 Å². The molecule has 0 spiro atoms. The normalized spacial score (nSPS) is 11.0. The Balaban J connectivity index is 1.69. The van der Waals surface area contributed by atoms with Crippen molar-refractivity contribution in [3.05, 3.63) is 70.3 Å². The average Bonchev–Trinajstić information content (AvgIpc) is 3.28. The fourth-order valence-electron chi connectivity index (χ4n) is 3.02. The summed E-state index contributed by atoms with van der Waals surface area (Å²) in [5.74, 6) is 1.33. The van der Waals surface area contributed by atoms with Crippen molar-refractivity contribution in [2.45, 2.75) is 0 Å². The lowest BCUT2D eigenvalue weighted by Gasteiger charge is -2.10. The minimum atomic E-state index is -0.532. The van der Waals surface area contributed by atoms with Crippen molar-refractivity contribution >= 4 is 40.0 Å². The number of nitrogens with zero attached hydrogens (tertiary/aromatic N) is 4. The number of nitro groups is 1. The number of aromatic nitrogens is 2. The van der Waals surface area contributed by atoms with Gasteiger partial charge in [0.1, 0.15) is 11.5 Å². The van der Waals surface area contributed by atoms with Gasteiger partial charge in [-0.1, -0.05) is 12.1 Å². The van der Waals surface area contributed by atoms with Crippen LogP contribution in [0.4, 0.5) is 22.7 Å². The van der Waals surface area contributed by atoms with E-state index in [9.17, 15) is 10.1 Å². The first kappa shape index (κ1) is 19.8. The first-order chi connectivity index (χ1) is 15.1. The molecule has 1 heterocycles. The van der Waals surface area contributed by atoms with E-state index in [0.29, 0.717) is 28.6 Å². The second-order valence-corrected chi connectivity index (χ2v) is 6.36. The van der Waals surface area contributed by atoms with Crippen LogP contribution in [-0.4, -0.2) is 35.7 Å². The van der Waals surface area contributed by atoms with Gasteiger partial charge in [-0.05, 0) is 46.7 Å². The number of hydrogen-bond donors (Lipinski definition) is 1. The smallest absolute Gasteiger partial charge is 0.300 e. The highest BCUT2D eigenvalue weighted by atomic mass is 16.6. The molecular formula is C21H17N5O5. The highest BCUT2D eigenvalue weighted by molar-refractivity contribution is 5.96. The molecule has 0 aliphatic rings. The Morgan fingerprint density at radius 1 is 1.03 bits per heavy atom. The summed E-state index contributed by atoms with van der Waals surface area (Å²) in [5, 5.41) is 21.8. The van der Waals surface area contributed by atoms with E-state index in [-0.39, 0.29) is 16.7 Å². The number of nitro benzene ring substituents is 1. The molecule has 10 heteroatoms. The number of benzene rings is 3. The van der Waals surface area contributed by atoms with Crippen LogP contribution in [0.25, 0.3) is 11.0 Å². The molecule has 0 saturated carbocycles. The Kier molecular flexibility index (Phi) is 5.43. The van der Waals surface area contributed by atoms with E-state index in [1.807, 2.05) is 30.3 Å². The molecule has 0 atom stereocenters. The van der Waals surface area contributed by atoms with Crippen LogP contribution in [0.15, 0.2) is 64.2 Å². The fourth-order valence-corrected chi connectivity index (χ4v) is 3.02. The number of ether oxygens (including phenoxy) is 2. The van der Waals surface area contributed by atoms with Gasteiger partial charge in [0.25, 0.3) is 0 Å². The van der Waals surface area contributed by atoms with Crippen LogP contribution in [-0.2, 0) is 0 Å². The zero-order valence-electron chi connectivity index (χ0n) is 16.6. The molecule has 0 bridgehead atoms. The first-order valence-corrected chi connectivity index (χ1v) is 9.12. The molecule has 10 nitrogen and oxygen atoms in total. The number of non-ortho nitro benzene ring substituents is 1. The highest BCUT2D eigenvalue weighted by Crippen LogP contribution is 2.34. The molecule has 4 aromatic rings. The van der Waals surface area contributed by atoms with Crippen molar-refractivity contribution in [2.24, 2.45) is 4.99 Å². The number of para-hydroxylation sites is 2. The Labute approximate surface area is 176 Å². The number of nitrogens with one attached hydrogen (secondary N) is 1. The van der Waals surface area contributed by atoms with Crippen molar-refractivity contribution in [2.75, 3.05) is 19.5 Å². The van der Waals surface area contributed by atoms with Crippen LogP contribution >= 0.6 is 0 Å². The van der Waals surface area contributed by atoms with Crippen molar-refractivity contribution in [1.82, 2.24) is 10.3 Å². The second-order valence-electron chi connectivity index (χ2n) is 6.36. The summed E-state index contributed by atoms with van der Waals surface area (Å²) in [6.45, 7) is 0. The largest absolute Gasteiger partial charge is 0.497 e. The van der Waals surface area contributed by atoms with Crippen LogP contribution < -0.4 is 14.8 Å². The maximum atomic E-state index is 11.2. The average molecular weight is 419 g/mol. The molecule has 0 fully saturated rings.